The first-order chi connectivity index (χ1) is 8.08. The number of hydrogen-bond donors (Lipinski definition) is 2. The van der Waals surface area contributed by atoms with Crippen molar-refractivity contribution < 1.29 is 9.59 Å². The number of hydrogen-bond acceptors (Lipinski definition) is 4. The fourth-order valence-corrected chi connectivity index (χ4v) is 2.49. The summed E-state index contributed by atoms with van der Waals surface area (Å²) in [6, 6.07) is 7.11. The van der Waals surface area contributed by atoms with Crippen LogP contribution in [0.5, 0.6) is 0 Å². The van der Waals surface area contributed by atoms with Crippen molar-refractivity contribution in [2.24, 2.45) is 0 Å². The Labute approximate surface area is 128 Å². The number of amides is 3. The monoisotopic (exact) mass is 323 g/mol. The van der Waals surface area contributed by atoms with Crippen LogP contribution < -0.4 is 11.1 Å². The molecule has 1 aromatic carbocycles. The Balaban J connectivity index is 0.00000162. The van der Waals surface area contributed by atoms with Crippen LogP contribution in [0, 0.1) is 0 Å². The predicted octanol–water partition coefficient (Wildman–Crippen LogP) is 1.85. The number of thioether (sulfide) groups is 1. The van der Waals surface area contributed by atoms with Gasteiger partial charge in [0.2, 0.25) is 0 Å². The molecule has 5 nitrogen and oxygen atoms in total. The molecule has 0 aliphatic carbocycles. The molecule has 1 atom stereocenters. The minimum absolute atomic E-state index is 0. The van der Waals surface area contributed by atoms with E-state index in [9.17, 15) is 9.59 Å². The number of urea groups is 1. The third-order valence-electron chi connectivity index (χ3n) is 2.51. The SMILES string of the molecule is CN1C(=O)NC(SCc2ccc(N)cc2)C1=O.Cl.Cl. The van der Waals surface area contributed by atoms with E-state index in [2.05, 4.69) is 5.32 Å². The molecule has 2 rings (SSSR count). The van der Waals surface area contributed by atoms with Gasteiger partial charge in [-0.2, -0.15) is 0 Å². The number of nitrogen functional groups attached to an aromatic ring is 1. The number of benzene rings is 1. The van der Waals surface area contributed by atoms with Crippen LogP contribution in [0.25, 0.3) is 0 Å². The lowest BCUT2D eigenvalue weighted by Gasteiger charge is -2.07. The number of imide groups is 1. The molecule has 1 aromatic rings. The third kappa shape index (κ3) is 4.19. The lowest BCUT2D eigenvalue weighted by atomic mass is 10.2. The average molecular weight is 324 g/mol. The molecule has 1 aliphatic rings. The summed E-state index contributed by atoms with van der Waals surface area (Å²) in [7, 11) is 1.47. The maximum Gasteiger partial charge on any atom is 0.325 e. The molecule has 8 heteroatoms. The van der Waals surface area contributed by atoms with Crippen molar-refractivity contribution >= 4 is 54.2 Å². The first kappa shape index (κ1) is 17.9. The maximum absolute atomic E-state index is 11.6. The minimum Gasteiger partial charge on any atom is -0.399 e. The van der Waals surface area contributed by atoms with Gasteiger partial charge in [0.15, 0.2) is 5.37 Å². The number of halogens is 2. The van der Waals surface area contributed by atoms with Gasteiger partial charge in [0, 0.05) is 18.5 Å². The second kappa shape index (κ2) is 7.47. The van der Waals surface area contributed by atoms with Gasteiger partial charge in [-0.3, -0.25) is 9.69 Å². The highest BCUT2D eigenvalue weighted by Crippen LogP contribution is 2.21. The summed E-state index contributed by atoms with van der Waals surface area (Å²) < 4.78 is 0. The molecule has 0 saturated carbocycles. The van der Waals surface area contributed by atoms with Crippen LogP contribution in [0.3, 0.4) is 0 Å². The summed E-state index contributed by atoms with van der Waals surface area (Å²) in [5.41, 5.74) is 7.36. The summed E-state index contributed by atoms with van der Waals surface area (Å²) in [5.74, 6) is 0.459. The fraction of sp³-hybridized carbons (Fsp3) is 0.273. The predicted molar refractivity (Wildman–Crippen MR) is 81.7 cm³/mol. The number of nitrogens with zero attached hydrogens (tertiary/aromatic N) is 1. The number of carbonyl (C=O) groups excluding carboxylic acids is 2. The average Bonchev–Trinajstić information content (AvgIpc) is 2.56. The van der Waals surface area contributed by atoms with E-state index in [1.165, 1.54) is 18.8 Å². The minimum atomic E-state index is -0.481. The first-order valence-electron chi connectivity index (χ1n) is 5.12. The molecule has 0 radical (unpaired) electrons. The molecule has 0 spiro atoms. The summed E-state index contributed by atoms with van der Waals surface area (Å²) in [5, 5.41) is 2.13. The van der Waals surface area contributed by atoms with E-state index in [-0.39, 0.29) is 36.8 Å². The van der Waals surface area contributed by atoms with E-state index >= 15 is 0 Å². The van der Waals surface area contributed by atoms with E-state index in [1.54, 1.807) is 0 Å². The number of carbonyl (C=O) groups is 2. The van der Waals surface area contributed by atoms with E-state index in [0.717, 1.165) is 10.5 Å². The van der Waals surface area contributed by atoms with E-state index in [4.69, 9.17) is 5.73 Å². The molecule has 3 N–H and O–H groups in total. The van der Waals surface area contributed by atoms with Crippen LogP contribution in [0.2, 0.25) is 0 Å². The molecule has 1 heterocycles. The standard InChI is InChI=1S/C11H13N3O2S.2ClH/c1-14-10(15)9(13-11(14)16)17-6-7-2-4-8(12)5-3-7;;/h2-5,9H,6,12H2,1H3,(H,13,16);2*1H. The summed E-state index contributed by atoms with van der Waals surface area (Å²) >= 11 is 1.39. The van der Waals surface area contributed by atoms with Gasteiger partial charge in [-0.25, -0.2) is 4.79 Å². The van der Waals surface area contributed by atoms with Gasteiger partial charge in [0.05, 0.1) is 0 Å². The smallest absolute Gasteiger partial charge is 0.325 e. The molecule has 1 saturated heterocycles. The van der Waals surface area contributed by atoms with Crippen LogP contribution in [0.15, 0.2) is 24.3 Å². The van der Waals surface area contributed by atoms with Crippen LogP contribution in [-0.2, 0) is 10.5 Å². The Morgan fingerprint density at radius 2 is 1.84 bits per heavy atom. The number of likely N-dealkylation sites (N-methyl/N-ethyl adjacent to an activating group) is 1. The molecule has 0 bridgehead atoms. The van der Waals surface area contributed by atoms with Crippen LogP contribution >= 0.6 is 36.6 Å². The number of nitrogens with two attached hydrogens (primary N) is 1. The van der Waals surface area contributed by atoms with Crippen molar-refractivity contribution in [3.8, 4) is 0 Å². The molecule has 1 aliphatic heterocycles. The van der Waals surface area contributed by atoms with Crippen LogP contribution in [-0.4, -0.2) is 29.3 Å². The molecule has 106 valence electrons. The second-order valence-electron chi connectivity index (χ2n) is 3.78. The zero-order valence-electron chi connectivity index (χ0n) is 10.2. The van der Waals surface area contributed by atoms with Crippen molar-refractivity contribution in [1.29, 1.82) is 0 Å². The van der Waals surface area contributed by atoms with Gasteiger partial charge in [-0.05, 0) is 17.7 Å². The quantitative estimate of drug-likeness (QED) is 0.657. The Morgan fingerprint density at radius 1 is 1.26 bits per heavy atom. The van der Waals surface area contributed by atoms with Crippen molar-refractivity contribution in [2.45, 2.75) is 11.1 Å². The van der Waals surface area contributed by atoms with Gasteiger partial charge >= 0.3 is 6.03 Å². The molecule has 1 fully saturated rings. The highest BCUT2D eigenvalue weighted by molar-refractivity contribution is 7.99. The highest BCUT2D eigenvalue weighted by atomic mass is 35.5. The Kier molecular flexibility index (Phi) is 7.04. The van der Waals surface area contributed by atoms with Crippen molar-refractivity contribution in [1.82, 2.24) is 10.2 Å². The van der Waals surface area contributed by atoms with E-state index in [0.29, 0.717) is 11.4 Å². The van der Waals surface area contributed by atoms with Crippen LogP contribution in [0.1, 0.15) is 5.56 Å². The number of rotatable bonds is 3. The largest absolute Gasteiger partial charge is 0.399 e. The summed E-state index contributed by atoms with van der Waals surface area (Å²) in [4.78, 5) is 23.9. The highest BCUT2D eigenvalue weighted by Gasteiger charge is 2.35. The van der Waals surface area contributed by atoms with Gasteiger partial charge < -0.3 is 11.1 Å². The van der Waals surface area contributed by atoms with Crippen molar-refractivity contribution in [3.05, 3.63) is 29.8 Å². The fourth-order valence-electron chi connectivity index (χ4n) is 1.45. The lowest BCUT2D eigenvalue weighted by Crippen LogP contribution is -2.25. The van der Waals surface area contributed by atoms with Gasteiger partial charge in [0.25, 0.3) is 5.91 Å². The lowest BCUT2D eigenvalue weighted by molar-refractivity contribution is -0.124. The topological polar surface area (TPSA) is 75.4 Å². The summed E-state index contributed by atoms with van der Waals surface area (Å²) in [6.07, 6.45) is 0. The third-order valence-corrected chi connectivity index (χ3v) is 3.66. The molecule has 0 aromatic heterocycles. The molecule has 19 heavy (non-hydrogen) atoms. The molecular formula is C11H15Cl2N3O2S. The Bertz CT molecular complexity index is 456. The van der Waals surface area contributed by atoms with Crippen LogP contribution in [0.4, 0.5) is 10.5 Å². The zero-order chi connectivity index (χ0) is 12.4. The molecule has 3 amide bonds. The van der Waals surface area contributed by atoms with Crippen molar-refractivity contribution in [3.63, 3.8) is 0 Å². The normalized spacial score (nSPS) is 17.5. The van der Waals surface area contributed by atoms with Crippen molar-refractivity contribution in [2.75, 3.05) is 12.8 Å². The van der Waals surface area contributed by atoms with Gasteiger partial charge in [-0.1, -0.05) is 12.1 Å². The number of anilines is 1. The van der Waals surface area contributed by atoms with Gasteiger partial charge in [0.1, 0.15) is 0 Å². The Hall–Kier alpha value is -1.11. The molecular weight excluding hydrogens is 309 g/mol. The molecule has 1 unspecified atom stereocenters. The zero-order valence-corrected chi connectivity index (χ0v) is 12.6. The Morgan fingerprint density at radius 3 is 2.32 bits per heavy atom. The second-order valence-corrected chi connectivity index (χ2v) is 4.87. The van der Waals surface area contributed by atoms with E-state index < -0.39 is 5.37 Å². The number of nitrogens with one attached hydrogen (secondary N) is 1. The van der Waals surface area contributed by atoms with E-state index in [1.807, 2.05) is 24.3 Å². The van der Waals surface area contributed by atoms with Gasteiger partial charge in [-0.15, -0.1) is 36.6 Å². The first-order valence-corrected chi connectivity index (χ1v) is 6.17. The summed E-state index contributed by atoms with van der Waals surface area (Å²) in [6.45, 7) is 0. The maximum atomic E-state index is 11.6.